The number of nitrogens with one attached hydrogen (secondary N) is 2. The van der Waals surface area contributed by atoms with E-state index >= 15 is 0 Å². The van der Waals surface area contributed by atoms with Crippen molar-refractivity contribution in [3.8, 4) is 11.4 Å². The SMILES string of the molecule is Fc1nc2c(cc1-c1ncccn1)CCC1(CCNC1)N2. The van der Waals surface area contributed by atoms with Gasteiger partial charge in [-0.25, -0.2) is 15.0 Å². The third kappa shape index (κ3) is 2.15. The second kappa shape index (κ2) is 4.73. The van der Waals surface area contributed by atoms with Gasteiger partial charge in [-0.05, 0) is 43.5 Å². The quantitative estimate of drug-likeness (QED) is 0.782. The number of fused-ring (bicyclic) bond motifs is 1. The largest absolute Gasteiger partial charge is 0.363 e. The highest BCUT2D eigenvalue weighted by Gasteiger charge is 2.37. The normalized spacial score (nSPS) is 23.9. The van der Waals surface area contributed by atoms with Crippen LogP contribution in [0.4, 0.5) is 10.2 Å². The fraction of sp³-hybridized carbons (Fsp3) is 0.400. The van der Waals surface area contributed by atoms with Crippen molar-refractivity contribution in [1.29, 1.82) is 0 Å². The molecule has 0 radical (unpaired) electrons. The van der Waals surface area contributed by atoms with E-state index in [1.807, 2.05) is 6.07 Å². The van der Waals surface area contributed by atoms with Crippen LogP contribution in [0.1, 0.15) is 18.4 Å². The zero-order valence-electron chi connectivity index (χ0n) is 11.6. The van der Waals surface area contributed by atoms with Crippen LogP contribution in [-0.2, 0) is 6.42 Å². The van der Waals surface area contributed by atoms with E-state index in [1.165, 1.54) is 0 Å². The average molecular weight is 285 g/mol. The van der Waals surface area contributed by atoms with Crippen LogP contribution in [0.3, 0.4) is 0 Å². The van der Waals surface area contributed by atoms with E-state index in [-0.39, 0.29) is 5.54 Å². The number of rotatable bonds is 1. The Morgan fingerprint density at radius 1 is 1.19 bits per heavy atom. The maximum Gasteiger partial charge on any atom is 0.225 e. The topological polar surface area (TPSA) is 62.7 Å². The molecule has 21 heavy (non-hydrogen) atoms. The Morgan fingerprint density at radius 2 is 2.05 bits per heavy atom. The van der Waals surface area contributed by atoms with Crippen LogP contribution in [0.5, 0.6) is 0 Å². The molecule has 2 aromatic rings. The van der Waals surface area contributed by atoms with Crippen molar-refractivity contribution in [2.24, 2.45) is 0 Å². The first-order valence-corrected chi connectivity index (χ1v) is 7.22. The highest BCUT2D eigenvalue weighted by atomic mass is 19.1. The smallest absolute Gasteiger partial charge is 0.225 e. The Labute approximate surface area is 122 Å². The van der Waals surface area contributed by atoms with Gasteiger partial charge in [0, 0.05) is 18.9 Å². The van der Waals surface area contributed by atoms with Crippen molar-refractivity contribution in [2.75, 3.05) is 18.4 Å². The van der Waals surface area contributed by atoms with Crippen LogP contribution in [0.15, 0.2) is 24.5 Å². The highest BCUT2D eigenvalue weighted by Crippen LogP contribution is 2.35. The first-order valence-electron chi connectivity index (χ1n) is 7.22. The number of hydrogen-bond donors (Lipinski definition) is 2. The lowest BCUT2D eigenvalue weighted by atomic mass is 9.86. The summed E-state index contributed by atoms with van der Waals surface area (Å²) in [5.74, 6) is 0.533. The van der Waals surface area contributed by atoms with Crippen molar-refractivity contribution in [2.45, 2.75) is 24.8 Å². The molecule has 1 saturated heterocycles. The number of aromatic nitrogens is 3. The Morgan fingerprint density at radius 3 is 2.81 bits per heavy atom. The molecule has 1 atom stereocenters. The van der Waals surface area contributed by atoms with E-state index in [0.29, 0.717) is 17.2 Å². The number of pyridine rings is 1. The maximum atomic E-state index is 14.3. The van der Waals surface area contributed by atoms with E-state index in [0.717, 1.165) is 37.9 Å². The molecule has 0 amide bonds. The van der Waals surface area contributed by atoms with Gasteiger partial charge in [0.15, 0.2) is 5.82 Å². The molecule has 1 spiro atoms. The first kappa shape index (κ1) is 12.6. The number of anilines is 1. The van der Waals surface area contributed by atoms with Gasteiger partial charge in [0.2, 0.25) is 5.95 Å². The third-order valence-corrected chi connectivity index (χ3v) is 4.36. The highest BCUT2D eigenvalue weighted by molar-refractivity contribution is 5.61. The molecule has 6 heteroatoms. The van der Waals surface area contributed by atoms with E-state index in [4.69, 9.17) is 0 Å². The van der Waals surface area contributed by atoms with Crippen molar-refractivity contribution in [1.82, 2.24) is 20.3 Å². The summed E-state index contributed by atoms with van der Waals surface area (Å²) >= 11 is 0. The zero-order valence-corrected chi connectivity index (χ0v) is 11.6. The van der Waals surface area contributed by atoms with Crippen molar-refractivity contribution < 1.29 is 4.39 Å². The Bertz CT molecular complexity index is 667. The number of hydrogen-bond acceptors (Lipinski definition) is 5. The molecule has 0 bridgehead atoms. The minimum atomic E-state index is -0.518. The number of aryl methyl sites for hydroxylation is 1. The summed E-state index contributed by atoms with van der Waals surface area (Å²) in [5, 5.41) is 6.80. The summed E-state index contributed by atoms with van der Waals surface area (Å²) in [6.07, 6.45) is 6.21. The average Bonchev–Trinajstić information content (AvgIpc) is 2.95. The third-order valence-electron chi connectivity index (χ3n) is 4.36. The van der Waals surface area contributed by atoms with Gasteiger partial charge in [0.25, 0.3) is 0 Å². The lowest BCUT2D eigenvalue weighted by molar-refractivity contribution is 0.450. The Balaban J connectivity index is 1.73. The van der Waals surface area contributed by atoms with Gasteiger partial charge in [-0.2, -0.15) is 4.39 Å². The Hall–Kier alpha value is -2.08. The van der Waals surface area contributed by atoms with Crippen LogP contribution in [-0.4, -0.2) is 33.6 Å². The van der Waals surface area contributed by atoms with Crippen LogP contribution >= 0.6 is 0 Å². The number of nitrogens with zero attached hydrogens (tertiary/aromatic N) is 3. The molecule has 2 aliphatic heterocycles. The molecule has 2 aromatic heterocycles. The van der Waals surface area contributed by atoms with Crippen molar-refractivity contribution >= 4 is 5.82 Å². The lowest BCUT2D eigenvalue weighted by Crippen LogP contribution is -2.44. The minimum Gasteiger partial charge on any atom is -0.363 e. The second-order valence-corrected chi connectivity index (χ2v) is 5.74. The van der Waals surface area contributed by atoms with Crippen LogP contribution < -0.4 is 10.6 Å². The fourth-order valence-electron chi connectivity index (χ4n) is 3.18. The molecular weight excluding hydrogens is 269 g/mol. The van der Waals surface area contributed by atoms with Crippen LogP contribution in [0.25, 0.3) is 11.4 Å². The van der Waals surface area contributed by atoms with Gasteiger partial charge in [0.1, 0.15) is 5.82 Å². The van der Waals surface area contributed by atoms with Crippen molar-refractivity contribution in [3.05, 3.63) is 36.0 Å². The zero-order chi connectivity index (χ0) is 14.3. The predicted octanol–water partition coefficient (Wildman–Crippen LogP) is 1.77. The predicted molar refractivity (Wildman–Crippen MR) is 77.4 cm³/mol. The molecule has 1 fully saturated rings. The maximum absolute atomic E-state index is 14.3. The van der Waals surface area contributed by atoms with Crippen LogP contribution in [0.2, 0.25) is 0 Å². The van der Waals surface area contributed by atoms with Gasteiger partial charge in [-0.15, -0.1) is 0 Å². The van der Waals surface area contributed by atoms with E-state index < -0.39 is 5.95 Å². The van der Waals surface area contributed by atoms with E-state index in [9.17, 15) is 4.39 Å². The van der Waals surface area contributed by atoms with Crippen LogP contribution in [0, 0.1) is 5.95 Å². The summed E-state index contributed by atoms with van der Waals surface area (Å²) in [7, 11) is 0. The second-order valence-electron chi connectivity index (χ2n) is 5.74. The van der Waals surface area contributed by atoms with Gasteiger partial charge in [0.05, 0.1) is 11.1 Å². The van der Waals surface area contributed by atoms with Gasteiger partial charge in [-0.1, -0.05) is 0 Å². The molecule has 4 rings (SSSR count). The van der Waals surface area contributed by atoms with E-state index in [2.05, 4.69) is 25.6 Å². The standard InChI is InChI=1S/C15H16FN5/c16-12-11(14-18-5-1-6-19-14)8-10-2-3-15(4-7-17-9-15)21-13(10)20-12/h1,5-6,8,17H,2-4,7,9H2,(H,20,21). The molecule has 0 aromatic carbocycles. The molecule has 0 saturated carbocycles. The van der Waals surface area contributed by atoms with Gasteiger partial charge >= 0.3 is 0 Å². The van der Waals surface area contributed by atoms with Gasteiger partial charge in [-0.3, -0.25) is 0 Å². The molecule has 0 aliphatic carbocycles. The molecule has 2 N–H and O–H groups in total. The molecule has 2 aliphatic rings. The lowest BCUT2D eigenvalue weighted by Gasteiger charge is -2.35. The summed E-state index contributed by atoms with van der Waals surface area (Å²) in [4.78, 5) is 12.3. The molecular formula is C15H16FN5. The van der Waals surface area contributed by atoms with E-state index in [1.54, 1.807) is 18.5 Å². The molecule has 108 valence electrons. The van der Waals surface area contributed by atoms with Gasteiger partial charge < -0.3 is 10.6 Å². The summed E-state index contributed by atoms with van der Waals surface area (Å²) in [5.41, 5.74) is 1.45. The van der Waals surface area contributed by atoms with Crippen molar-refractivity contribution in [3.63, 3.8) is 0 Å². The summed E-state index contributed by atoms with van der Waals surface area (Å²) < 4.78 is 14.3. The Kier molecular flexibility index (Phi) is 2.85. The molecule has 1 unspecified atom stereocenters. The summed E-state index contributed by atoms with van der Waals surface area (Å²) in [6, 6.07) is 3.54. The monoisotopic (exact) mass is 285 g/mol. The molecule has 5 nitrogen and oxygen atoms in total. The number of halogens is 1. The minimum absolute atomic E-state index is 0.0389. The summed E-state index contributed by atoms with van der Waals surface area (Å²) in [6.45, 7) is 1.92. The fourth-order valence-corrected chi connectivity index (χ4v) is 3.18. The first-order chi connectivity index (χ1) is 10.3. The molecule has 4 heterocycles.